The normalized spacial score (nSPS) is 13.0. The van der Waals surface area contributed by atoms with Crippen molar-refractivity contribution in [3.63, 3.8) is 0 Å². The summed E-state index contributed by atoms with van der Waals surface area (Å²) in [4.78, 5) is 48.7. The van der Waals surface area contributed by atoms with Crippen molar-refractivity contribution < 1.29 is 73.3 Å². The van der Waals surface area contributed by atoms with E-state index in [4.69, 9.17) is 23.0 Å². The molecule has 0 saturated carbocycles. The molecule has 0 aliphatic carbocycles. The number of hydrogen-bond acceptors (Lipinski definition) is 10. The average molecular weight is 805 g/mol. The third-order valence-corrected chi connectivity index (χ3v) is 6.67. The Balaban J connectivity index is 0.000000795. The molecule has 0 heterocycles. The molecule has 4 atom stereocenters. The average Bonchev–Trinajstić information content (AvgIpc) is 3.14. The van der Waals surface area contributed by atoms with Crippen LogP contribution in [0, 0.1) is 27.4 Å². The number of amides is 2. The molecule has 0 radical (unpaired) electrons. The van der Waals surface area contributed by atoms with Crippen molar-refractivity contribution in [3.05, 3.63) is 135 Å². The quantitative estimate of drug-likeness (QED) is 0.0335. The minimum atomic E-state index is -1.24. The van der Waals surface area contributed by atoms with Gasteiger partial charge in [-0.3, -0.25) is 5.32 Å². The largest absolute Gasteiger partial charge is 0.624 e. The van der Waals surface area contributed by atoms with E-state index >= 15 is 0 Å². The van der Waals surface area contributed by atoms with E-state index in [9.17, 15) is 19.2 Å². The minimum Gasteiger partial charge on any atom is -0.624 e. The summed E-state index contributed by atoms with van der Waals surface area (Å²) in [7, 11) is 7.29. The summed E-state index contributed by atoms with van der Waals surface area (Å²) >= 11 is 8.61. The van der Waals surface area contributed by atoms with E-state index < -0.39 is 43.0 Å². The molecule has 2 aromatic rings. The second-order valence-electron chi connectivity index (χ2n) is 10.4. The van der Waals surface area contributed by atoms with Gasteiger partial charge in [0.1, 0.15) is 0 Å². The van der Waals surface area contributed by atoms with Crippen molar-refractivity contribution in [2.24, 2.45) is 0 Å². The van der Waals surface area contributed by atoms with Gasteiger partial charge in [-0.1, -0.05) is 60.7 Å². The Bertz CT molecular complexity index is 1490. The van der Waals surface area contributed by atoms with Gasteiger partial charge in [0, 0.05) is 12.1 Å². The molecule has 1 unspecified atom stereocenters. The van der Waals surface area contributed by atoms with Crippen LogP contribution in [0.4, 0.5) is 4.79 Å². The van der Waals surface area contributed by atoms with Gasteiger partial charge < -0.3 is 19.9 Å². The van der Waals surface area contributed by atoms with Gasteiger partial charge in [0.25, 0.3) is 0 Å². The van der Waals surface area contributed by atoms with Gasteiger partial charge >= 0.3 is 162 Å². The Morgan fingerprint density at radius 2 is 1.33 bits per heavy atom. The molecule has 52 heavy (non-hydrogen) atoms. The number of methoxy groups -OCH3 is 1. The van der Waals surface area contributed by atoms with Crippen molar-refractivity contribution in [1.29, 1.82) is 0 Å². The minimum absolute atomic E-state index is 0.00858. The van der Waals surface area contributed by atoms with Crippen LogP contribution in [0.3, 0.4) is 0 Å². The number of esters is 2. The molecule has 0 spiro atoms. The summed E-state index contributed by atoms with van der Waals surface area (Å²) in [6.45, 7) is 14.0. The van der Waals surface area contributed by atoms with Gasteiger partial charge in [-0.2, -0.15) is 7.11 Å². The Kier molecular flexibility index (Phi) is 26.9. The zero-order valence-electron chi connectivity index (χ0n) is 29.1. The second-order valence-corrected chi connectivity index (χ2v) is 11.0. The number of rotatable bonds is 18. The molecule has 0 aliphatic rings. The zero-order chi connectivity index (χ0) is 39.3. The summed E-state index contributed by atoms with van der Waals surface area (Å²) in [5, 5.41) is 16.9. The Morgan fingerprint density at radius 1 is 0.827 bits per heavy atom. The summed E-state index contributed by atoms with van der Waals surface area (Å²) in [5.41, 5.74) is 2.46. The molecule has 0 aromatic heterocycles. The van der Waals surface area contributed by atoms with Crippen LogP contribution >= 0.6 is 0 Å². The summed E-state index contributed by atoms with van der Waals surface area (Å²) in [6, 6.07) is 19.0. The van der Waals surface area contributed by atoms with Crippen LogP contribution in [0.1, 0.15) is 25.0 Å². The van der Waals surface area contributed by atoms with Crippen LogP contribution < -0.4 is 16.0 Å². The van der Waals surface area contributed by atoms with Crippen LogP contribution in [-0.2, 0) is 76.2 Å². The van der Waals surface area contributed by atoms with Gasteiger partial charge in [0.2, 0.25) is 0 Å². The van der Waals surface area contributed by atoms with E-state index in [2.05, 4.69) is 86.6 Å². The van der Waals surface area contributed by atoms with E-state index in [-0.39, 0.29) is 23.2 Å². The maximum absolute atomic E-state index is 12.0. The second kappa shape index (κ2) is 29.3. The molecule has 4 N–H and O–H groups in total. The van der Waals surface area contributed by atoms with Crippen molar-refractivity contribution >= 4 is 33.9 Å². The molecule has 0 saturated heterocycles. The third-order valence-electron chi connectivity index (χ3n) is 6.34. The van der Waals surface area contributed by atoms with Crippen molar-refractivity contribution in [2.75, 3.05) is 13.7 Å². The maximum atomic E-state index is 12.0. The summed E-state index contributed by atoms with van der Waals surface area (Å²) in [6.07, 6.45) is 4.75. The molecule has 2 rings (SSSR count). The maximum Gasteiger partial charge on any atom is 0.375 e. The van der Waals surface area contributed by atoms with E-state index in [1.54, 1.807) is 0 Å². The van der Waals surface area contributed by atoms with Crippen LogP contribution in [0.2, 0.25) is 0 Å². The van der Waals surface area contributed by atoms with Gasteiger partial charge in [-0.05, 0) is 37.8 Å². The van der Waals surface area contributed by atoms with Crippen LogP contribution in [0.5, 0.6) is 0 Å². The molecule has 14 heteroatoms. The molecular formula is C38H45N3Ni2O9-4. The molecular weight excluding hydrogens is 760 g/mol. The first-order valence-electron chi connectivity index (χ1n) is 15.4. The Labute approximate surface area is 321 Å². The SMILES string of the molecule is [CH-]=C/C(=C\[CH]=[Ni])C(=O)N[C@@H](COC(=O)/C(C=[CH-])=C/[CH]=[Ni])C(=O)OC.[CH2-]OC(=O)N[C@@H](C)Cc1ccccc1.[CH2-]OC(O)N[C@@H](C)Cc1ccccc1. The van der Waals surface area contributed by atoms with Crippen molar-refractivity contribution in [3.8, 4) is 0 Å². The zero-order valence-corrected chi connectivity index (χ0v) is 31.1. The fourth-order valence-corrected chi connectivity index (χ4v) is 4.24. The molecule has 0 bridgehead atoms. The van der Waals surface area contributed by atoms with E-state index in [1.165, 1.54) is 33.3 Å². The topological polar surface area (TPSA) is 162 Å². The molecule has 0 aliphatic heterocycles. The van der Waals surface area contributed by atoms with Gasteiger partial charge in [-0.15, -0.1) is 0 Å². The fourth-order valence-electron chi connectivity index (χ4n) is 3.89. The van der Waals surface area contributed by atoms with Gasteiger partial charge in [-0.25, -0.2) is 11.9 Å². The fraction of sp³-hybridized carbons (Fsp3) is 0.263. The number of alkyl carbamates (subject to hydrolysis) is 1. The van der Waals surface area contributed by atoms with Crippen molar-refractivity contribution in [2.45, 2.75) is 51.2 Å². The first kappa shape index (κ1) is 47.7. The first-order chi connectivity index (χ1) is 24.9. The van der Waals surface area contributed by atoms with E-state index in [1.807, 2.05) is 62.4 Å². The molecule has 2 aromatic carbocycles. The Hall–Kier alpha value is -4.31. The number of carbonyl (C=O) groups excluding carboxylic acids is 4. The number of aliphatic hydroxyl groups is 1. The van der Waals surface area contributed by atoms with Gasteiger partial charge in [0.05, 0.1) is 0 Å². The molecule has 12 nitrogen and oxygen atoms in total. The van der Waals surface area contributed by atoms with Crippen molar-refractivity contribution in [1.82, 2.24) is 16.0 Å². The van der Waals surface area contributed by atoms with E-state index in [0.717, 1.165) is 32.1 Å². The van der Waals surface area contributed by atoms with Crippen LogP contribution in [-0.4, -0.2) is 77.3 Å². The summed E-state index contributed by atoms with van der Waals surface area (Å²) < 4.78 is 18.2. The summed E-state index contributed by atoms with van der Waals surface area (Å²) in [5.74, 6) is -2.30. The van der Waals surface area contributed by atoms with Crippen LogP contribution in [0.25, 0.3) is 0 Å². The molecule has 0 fully saturated rings. The Morgan fingerprint density at radius 3 is 1.77 bits per heavy atom. The van der Waals surface area contributed by atoms with Crippen LogP contribution in [0.15, 0.2) is 96.1 Å². The van der Waals surface area contributed by atoms with Gasteiger partial charge in [0.15, 0.2) is 6.41 Å². The predicted molar refractivity (Wildman–Crippen MR) is 191 cm³/mol. The number of aliphatic hydroxyl groups excluding tert-OH is 1. The molecule has 2 amide bonds. The number of hydrogen-bond donors (Lipinski definition) is 4. The number of allylic oxidation sites excluding steroid dienone is 2. The number of carbonyl (C=O) groups is 4. The van der Waals surface area contributed by atoms with E-state index in [0.29, 0.717) is 0 Å². The molecule has 290 valence electrons. The smallest absolute Gasteiger partial charge is 0.375 e. The predicted octanol–water partition coefficient (Wildman–Crippen LogP) is 3.14. The first-order valence-corrected chi connectivity index (χ1v) is 16.5. The standard InChI is InChI=1S/C16H15NO5.C11H16NO2.C11H14NO2.2Ni/c1-6-11(7-2)14(18)17-13(16(20)21-5)10-22-15(19)12(8-3)9-4;2*1-9(12-11(13)14-2)8-10-6-4-3-5-7-10;;/h1-4,6-9,13H,10H2,5H3,(H,17,18);3-7,9,11-13H,2,8H2,1H3;3-7,9H,2,8H2,1H3,(H,12,13);;/q-2;2*-1;;/b11-6+,12-8+;;;;/t13-;9-,11?;9-;;/m000../s1. The monoisotopic (exact) mass is 803 g/mol. The number of benzene rings is 2. The third kappa shape index (κ3) is 21.8. The number of nitrogens with one attached hydrogen (secondary N) is 3. The number of ether oxygens (including phenoxy) is 4.